The third kappa shape index (κ3) is 13.5. The van der Waals surface area contributed by atoms with Crippen molar-refractivity contribution in [2.45, 2.75) is 142 Å². The molecule has 0 aliphatic carbocycles. The highest BCUT2D eigenvalue weighted by atomic mass is 35.5. The van der Waals surface area contributed by atoms with Crippen LogP contribution in [0.3, 0.4) is 0 Å². The number of β-amino-alcohol motifs (C(OH)–C–C–N with tert-alkyl or cyclic N) is 1. The van der Waals surface area contributed by atoms with Crippen LogP contribution in [0.5, 0.6) is 5.75 Å². The summed E-state index contributed by atoms with van der Waals surface area (Å²) >= 11 is 8.37. The summed E-state index contributed by atoms with van der Waals surface area (Å²) in [5.41, 5.74) is 16.2. The van der Waals surface area contributed by atoms with Gasteiger partial charge in [-0.1, -0.05) is 82.6 Å². The number of aromatic nitrogens is 1. The minimum Gasteiger partial charge on any atom is -0.490 e. The summed E-state index contributed by atoms with van der Waals surface area (Å²) in [5, 5.41) is 19.9. The molecule has 8 N–H and O–H groups in total. The van der Waals surface area contributed by atoms with Gasteiger partial charge in [-0.3, -0.25) is 28.8 Å². The van der Waals surface area contributed by atoms with E-state index in [1.165, 1.54) is 9.80 Å². The molecule has 66 heavy (non-hydrogen) atoms. The van der Waals surface area contributed by atoms with E-state index in [1.807, 2.05) is 78.8 Å². The standard InChI is InChI=1S/C48H67ClN8O8S/c1-27(2)41(51)46(63)56-22-10-13-35(56)44(61)54-33(20-21-38(50)59)25-65-37-14-8-11-31(40(37)49)12-9-15-39(60)55-43(48(5,6)7)47(64)57-24-34(58)23-36(57)45(62)53-28(3)30-16-18-32(19-17-30)42-29(4)52-26-66-42/h8,11,14,16-19,26-28,33-36,41,43,58H,9-10,12-13,15,20-25,51H2,1-7H3,(H2,50,59)(H,53,62)(H,54,61)(H,55,60)/t28-,33-,34+,35-,36-,41-,43+/m0/s1. The quantitative estimate of drug-likeness (QED) is 0.0923. The number of likely N-dealkylation sites (tertiary alicyclic amines) is 2. The van der Waals surface area contributed by atoms with Crippen LogP contribution < -0.4 is 32.2 Å². The van der Waals surface area contributed by atoms with Gasteiger partial charge in [0, 0.05) is 32.4 Å². The second-order valence-electron chi connectivity index (χ2n) is 18.9. The number of aliphatic hydroxyl groups excluding tert-OH is 1. The number of aliphatic hydroxyl groups is 1. The lowest BCUT2D eigenvalue weighted by atomic mass is 9.85. The summed E-state index contributed by atoms with van der Waals surface area (Å²) in [5.74, 6) is -2.13. The Kier molecular flexibility index (Phi) is 18.1. The molecule has 2 aliphatic heterocycles. The summed E-state index contributed by atoms with van der Waals surface area (Å²) in [7, 11) is 0. The van der Waals surface area contributed by atoms with Crippen molar-refractivity contribution in [1.29, 1.82) is 0 Å². The third-order valence-electron chi connectivity index (χ3n) is 12.3. The molecule has 0 unspecified atom stereocenters. The molecule has 7 atom stereocenters. The van der Waals surface area contributed by atoms with Crippen LogP contribution in [0, 0.1) is 18.3 Å². The molecule has 3 heterocycles. The molecule has 16 nitrogen and oxygen atoms in total. The second kappa shape index (κ2) is 23.1. The van der Waals surface area contributed by atoms with Gasteiger partial charge >= 0.3 is 0 Å². The molecular formula is C48H67ClN8O8S. The molecule has 5 rings (SSSR count). The number of aryl methyl sites for hydroxylation is 2. The number of carbonyl (C=O) groups is 6. The number of primary amides is 1. The maximum Gasteiger partial charge on any atom is 0.246 e. The highest BCUT2D eigenvalue weighted by Crippen LogP contribution is 2.32. The molecule has 18 heteroatoms. The van der Waals surface area contributed by atoms with Crippen LogP contribution in [0.2, 0.25) is 5.02 Å². The fourth-order valence-electron chi connectivity index (χ4n) is 8.33. The van der Waals surface area contributed by atoms with Crippen LogP contribution in [0.25, 0.3) is 10.4 Å². The number of nitrogens with one attached hydrogen (secondary N) is 3. The van der Waals surface area contributed by atoms with Crippen LogP contribution in [-0.4, -0.2) is 111 Å². The molecule has 2 aromatic carbocycles. The minimum absolute atomic E-state index is 0.00259. The van der Waals surface area contributed by atoms with E-state index < -0.39 is 53.5 Å². The van der Waals surface area contributed by atoms with E-state index >= 15 is 0 Å². The first-order valence-corrected chi connectivity index (χ1v) is 24.1. The van der Waals surface area contributed by atoms with Gasteiger partial charge in [0.2, 0.25) is 35.4 Å². The number of thiazole rings is 1. The van der Waals surface area contributed by atoms with Crippen molar-refractivity contribution in [3.63, 3.8) is 0 Å². The van der Waals surface area contributed by atoms with Crippen LogP contribution in [0.4, 0.5) is 0 Å². The number of nitrogens with zero attached hydrogens (tertiary/aromatic N) is 3. The van der Waals surface area contributed by atoms with Gasteiger partial charge in [-0.2, -0.15) is 0 Å². The molecule has 0 radical (unpaired) electrons. The van der Waals surface area contributed by atoms with Crippen molar-refractivity contribution in [2.75, 3.05) is 19.7 Å². The van der Waals surface area contributed by atoms with Crippen molar-refractivity contribution < 1.29 is 38.6 Å². The van der Waals surface area contributed by atoms with Crippen molar-refractivity contribution in [2.24, 2.45) is 22.8 Å². The number of carbonyl (C=O) groups excluding carboxylic acids is 6. The zero-order valence-electron chi connectivity index (χ0n) is 39.1. The Hall–Kier alpha value is -5.10. The smallest absolute Gasteiger partial charge is 0.246 e. The second-order valence-corrected chi connectivity index (χ2v) is 20.2. The molecule has 2 fully saturated rings. The highest BCUT2D eigenvalue weighted by Gasteiger charge is 2.45. The normalized spacial score (nSPS) is 19.2. The molecular weight excluding hydrogens is 884 g/mol. The average Bonchev–Trinajstić information content (AvgIpc) is 4.03. The number of halogens is 1. The van der Waals surface area contributed by atoms with E-state index in [0.29, 0.717) is 48.6 Å². The number of nitrogens with two attached hydrogens (primary N) is 2. The van der Waals surface area contributed by atoms with Gasteiger partial charge in [0.15, 0.2) is 0 Å². The molecule has 2 saturated heterocycles. The van der Waals surface area contributed by atoms with Crippen molar-refractivity contribution >= 4 is 58.4 Å². The summed E-state index contributed by atoms with van der Waals surface area (Å²) in [4.78, 5) is 88.0. The number of rotatable bonds is 20. The van der Waals surface area contributed by atoms with Crippen LogP contribution in [0.15, 0.2) is 48.0 Å². The minimum atomic E-state index is -0.982. The van der Waals surface area contributed by atoms with Crippen molar-refractivity contribution in [3.05, 3.63) is 69.8 Å². The van der Waals surface area contributed by atoms with E-state index in [4.69, 9.17) is 27.8 Å². The van der Waals surface area contributed by atoms with E-state index in [0.717, 1.165) is 21.7 Å². The largest absolute Gasteiger partial charge is 0.490 e. The number of amides is 6. The fraction of sp³-hybridized carbons (Fsp3) is 0.562. The molecule has 0 bridgehead atoms. The van der Waals surface area contributed by atoms with Gasteiger partial charge in [-0.25, -0.2) is 4.98 Å². The number of ether oxygens (including phenoxy) is 1. The number of hydrogen-bond donors (Lipinski definition) is 6. The van der Waals surface area contributed by atoms with Crippen LogP contribution >= 0.6 is 22.9 Å². The van der Waals surface area contributed by atoms with Crippen molar-refractivity contribution in [3.8, 4) is 16.2 Å². The fourth-order valence-corrected chi connectivity index (χ4v) is 9.42. The third-order valence-corrected chi connectivity index (χ3v) is 13.7. The first-order chi connectivity index (χ1) is 31.2. The summed E-state index contributed by atoms with van der Waals surface area (Å²) in [6.07, 6.45) is 1.35. The first-order valence-electron chi connectivity index (χ1n) is 22.8. The zero-order chi connectivity index (χ0) is 48.5. The average molecular weight is 952 g/mol. The maximum absolute atomic E-state index is 14.2. The predicted molar refractivity (Wildman–Crippen MR) is 254 cm³/mol. The Labute approximate surface area is 396 Å². The lowest BCUT2D eigenvalue weighted by Gasteiger charge is -2.35. The SMILES string of the molecule is Cc1ncsc1-c1ccc([C@H](C)NC(=O)[C@@H]2C[C@@H](O)CN2C(=O)[C@@H](NC(=O)CCCc2cccc(OC[C@H](CCC(N)=O)NC(=O)[C@@H]3CCCN3C(=O)[C@@H](N)C(C)C)c2Cl)C(C)(C)C)cc1. The maximum atomic E-state index is 14.2. The first kappa shape index (κ1) is 51.9. The summed E-state index contributed by atoms with van der Waals surface area (Å²) in [6, 6.07) is 8.82. The molecule has 3 aromatic rings. The molecule has 2 aliphatic rings. The predicted octanol–water partition coefficient (Wildman–Crippen LogP) is 4.57. The number of hydrogen-bond acceptors (Lipinski definition) is 11. The van der Waals surface area contributed by atoms with Gasteiger partial charge < -0.3 is 47.1 Å². The monoisotopic (exact) mass is 950 g/mol. The van der Waals surface area contributed by atoms with E-state index in [2.05, 4.69) is 20.9 Å². The lowest BCUT2D eigenvalue weighted by molar-refractivity contribution is -0.144. The molecule has 0 saturated carbocycles. The van der Waals surface area contributed by atoms with Gasteiger partial charge in [-0.05, 0) is 80.0 Å². The zero-order valence-corrected chi connectivity index (χ0v) is 40.7. The van der Waals surface area contributed by atoms with Gasteiger partial charge in [-0.15, -0.1) is 11.3 Å². The van der Waals surface area contributed by atoms with E-state index in [-0.39, 0.29) is 74.4 Å². The Morgan fingerprint density at radius 3 is 2.29 bits per heavy atom. The van der Waals surface area contributed by atoms with E-state index in [9.17, 15) is 33.9 Å². The van der Waals surface area contributed by atoms with Gasteiger partial charge in [0.05, 0.1) is 45.3 Å². The number of benzene rings is 2. The Bertz CT molecular complexity index is 2200. The summed E-state index contributed by atoms with van der Waals surface area (Å²) in [6.45, 7) is 13.4. The Morgan fingerprint density at radius 2 is 1.65 bits per heavy atom. The molecule has 0 spiro atoms. The molecule has 6 amide bonds. The van der Waals surface area contributed by atoms with Gasteiger partial charge in [0.1, 0.15) is 30.5 Å². The van der Waals surface area contributed by atoms with E-state index in [1.54, 1.807) is 29.0 Å². The van der Waals surface area contributed by atoms with Crippen molar-refractivity contribution in [1.82, 2.24) is 30.7 Å². The Morgan fingerprint density at radius 1 is 0.955 bits per heavy atom. The topological polar surface area (TPSA) is 239 Å². The molecule has 360 valence electrons. The van der Waals surface area contributed by atoms with Gasteiger partial charge in [0.25, 0.3) is 0 Å². The molecule has 1 aromatic heterocycles. The summed E-state index contributed by atoms with van der Waals surface area (Å²) < 4.78 is 6.10. The highest BCUT2D eigenvalue weighted by molar-refractivity contribution is 7.13. The van der Waals surface area contributed by atoms with Crippen LogP contribution in [-0.2, 0) is 35.2 Å². The Balaban J connectivity index is 1.16. The lowest BCUT2D eigenvalue weighted by Crippen LogP contribution is -2.57. The van der Waals surface area contributed by atoms with Crippen LogP contribution in [0.1, 0.15) is 109 Å².